The molecule has 0 spiro atoms. The summed E-state index contributed by atoms with van der Waals surface area (Å²) >= 11 is 1.86. The number of nitrogens with zero attached hydrogens (tertiary/aromatic N) is 2. The molecule has 0 radical (unpaired) electrons. The monoisotopic (exact) mass is 614 g/mol. The molecule has 0 aliphatic carbocycles. The molecule has 218 valence electrons. The van der Waals surface area contributed by atoms with Gasteiger partial charge >= 0.3 is 0 Å². The van der Waals surface area contributed by atoms with E-state index in [0.29, 0.717) is 0 Å². The number of hydrogen-bond acceptors (Lipinski definition) is 3. The maximum absolute atomic E-state index is 5.37. The van der Waals surface area contributed by atoms with Crippen molar-refractivity contribution in [2.75, 3.05) is 0 Å². The first-order chi connectivity index (χ1) is 23.3. The molecule has 0 aliphatic heterocycles. The van der Waals surface area contributed by atoms with Crippen molar-refractivity contribution >= 4 is 74.9 Å². The quantitative estimate of drug-likeness (QED) is 0.185. The zero-order chi connectivity index (χ0) is 30.9. The molecular weight excluding hydrogens is 589 g/mol. The number of aromatic nitrogens is 2. The zero-order valence-corrected chi connectivity index (χ0v) is 26.1. The number of pyridine rings is 2. The van der Waals surface area contributed by atoms with Crippen LogP contribution in [0.1, 0.15) is 0 Å². The van der Waals surface area contributed by atoms with Gasteiger partial charge in [-0.1, -0.05) is 133 Å². The van der Waals surface area contributed by atoms with Crippen molar-refractivity contribution in [1.82, 2.24) is 9.97 Å². The van der Waals surface area contributed by atoms with Gasteiger partial charge in [-0.3, -0.25) is 0 Å². The number of rotatable bonds is 3. The van der Waals surface area contributed by atoms with Crippen LogP contribution in [0.3, 0.4) is 0 Å². The highest BCUT2D eigenvalue weighted by Gasteiger charge is 2.16. The van der Waals surface area contributed by atoms with Gasteiger partial charge in [0.2, 0.25) is 0 Å². The molecule has 0 bridgehead atoms. The van der Waals surface area contributed by atoms with Gasteiger partial charge in [0.05, 0.1) is 22.4 Å². The van der Waals surface area contributed by atoms with Gasteiger partial charge in [0, 0.05) is 47.6 Å². The average molecular weight is 615 g/mol. The van der Waals surface area contributed by atoms with Crippen LogP contribution in [0, 0.1) is 0 Å². The second kappa shape index (κ2) is 10.3. The van der Waals surface area contributed by atoms with Crippen LogP contribution < -0.4 is 0 Å². The topological polar surface area (TPSA) is 25.8 Å². The zero-order valence-electron chi connectivity index (χ0n) is 25.3. The van der Waals surface area contributed by atoms with Crippen molar-refractivity contribution < 1.29 is 0 Å². The molecule has 0 amide bonds. The van der Waals surface area contributed by atoms with E-state index in [1.807, 2.05) is 11.3 Å². The fourth-order valence-corrected chi connectivity index (χ4v) is 8.46. The average Bonchev–Trinajstić information content (AvgIpc) is 3.53. The summed E-state index contributed by atoms with van der Waals surface area (Å²) in [6.07, 6.45) is 0. The fraction of sp³-hybridized carbons (Fsp3) is 0. The van der Waals surface area contributed by atoms with Crippen molar-refractivity contribution in [2.24, 2.45) is 0 Å². The molecule has 3 heterocycles. The van der Waals surface area contributed by atoms with E-state index in [1.165, 1.54) is 52.8 Å². The maximum atomic E-state index is 5.37. The van der Waals surface area contributed by atoms with Crippen LogP contribution in [0.5, 0.6) is 0 Å². The van der Waals surface area contributed by atoms with Crippen LogP contribution in [-0.4, -0.2) is 9.97 Å². The summed E-state index contributed by atoms with van der Waals surface area (Å²) in [5.74, 6) is 0. The third-order valence-corrected chi connectivity index (χ3v) is 10.7. The summed E-state index contributed by atoms with van der Waals surface area (Å²) in [4.78, 5) is 10.7. The Balaban J connectivity index is 1.18. The minimum absolute atomic E-state index is 0.918. The first kappa shape index (κ1) is 26.3. The van der Waals surface area contributed by atoms with E-state index in [0.717, 1.165) is 44.3 Å². The predicted molar refractivity (Wildman–Crippen MR) is 201 cm³/mol. The molecule has 2 nitrogen and oxygen atoms in total. The van der Waals surface area contributed by atoms with Gasteiger partial charge in [0.15, 0.2) is 0 Å². The van der Waals surface area contributed by atoms with Crippen molar-refractivity contribution in [3.63, 3.8) is 0 Å². The first-order valence-electron chi connectivity index (χ1n) is 15.9. The van der Waals surface area contributed by atoms with Gasteiger partial charge in [-0.05, 0) is 51.4 Å². The number of thiophene rings is 1. The minimum atomic E-state index is 0.918. The highest BCUT2D eigenvalue weighted by molar-refractivity contribution is 7.26. The van der Waals surface area contributed by atoms with E-state index in [9.17, 15) is 0 Å². The normalized spacial score (nSPS) is 11.8. The van der Waals surface area contributed by atoms with E-state index in [2.05, 4.69) is 158 Å². The second-order valence-electron chi connectivity index (χ2n) is 12.1. The summed E-state index contributed by atoms with van der Waals surface area (Å²) in [5.41, 5.74) is 8.42. The molecule has 7 aromatic carbocycles. The van der Waals surface area contributed by atoms with Crippen molar-refractivity contribution in [1.29, 1.82) is 0 Å². The number of fused-ring (bicyclic) bond motifs is 9. The Kier molecular flexibility index (Phi) is 5.78. The van der Waals surface area contributed by atoms with Crippen LogP contribution in [0.4, 0.5) is 0 Å². The largest absolute Gasteiger partial charge is 0.245 e. The predicted octanol–water partition coefficient (Wildman–Crippen LogP) is 12.5. The van der Waals surface area contributed by atoms with Gasteiger partial charge in [-0.25, -0.2) is 9.97 Å². The fourth-order valence-electron chi connectivity index (χ4n) is 7.23. The Morgan fingerprint density at radius 2 is 0.894 bits per heavy atom. The standard InChI is InChI=1S/C44H26N2S/c1-2-11-30-29(10-1)26-38(32-13-4-3-12-31(30)32)40-25-23-28-21-20-27-22-24-39(45-42(27)43(28)46-40)34-15-6-5-14-33(34)36-17-9-18-37-35-16-7-8-19-41(35)47-44(36)37/h1-26H. The molecule has 10 aromatic rings. The first-order valence-corrected chi connectivity index (χ1v) is 16.7. The molecular formula is C44H26N2S. The van der Waals surface area contributed by atoms with E-state index in [4.69, 9.17) is 9.97 Å². The van der Waals surface area contributed by atoms with Gasteiger partial charge in [0.1, 0.15) is 0 Å². The van der Waals surface area contributed by atoms with E-state index in [1.54, 1.807) is 0 Å². The molecule has 0 aliphatic rings. The Bertz CT molecular complexity index is 2860. The highest BCUT2D eigenvalue weighted by atomic mass is 32.1. The number of benzene rings is 7. The molecule has 10 rings (SSSR count). The molecule has 0 saturated heterocycles. The summed E-state index contributed by atoms with van der Waals surface area (Å²) in [5, 5.41) is 9.69. The maximum Gasteiger partial charge on any atom is 0.0972 e. The SMILES string of the molecule is c1ccc(-c2cccc3c2sc2ccccc23)c(-c2ccc3ccc4ccc(-c5cc6ccccc6c6ccccc56)nc4c3n2)c1. The van der Waals surface area contributed by atoms with Crippen molar-refractivity contribution in [2.45, 2.75) is 0 Å². The Morgan fingerprint density at radius 3 is 1.68 bits per heavy atom. The summed E-state index contributed by atoms with van der Waals surface area (Å²) in [6, 6.07) is 56.5. The molecule has 47 heavy (non-hydrogen) atoms. The van der Waals surface area contributed by atoms with E-state index < -0.39 is 0 Å². The molecule has 3 heteroatoms. The molecule has 0 fully saturated rings. The lowest BCUT2D eigenvalue weighted by Crippen LogP contribution is -1.93. The van der Waals surface area contributed by atoms with Crippen LogP contribution in [0.2, 0.25) is 0 Å². The van der Waals surface area contributed by atoms with E-state index >= 15 is 0 Å². The van der Waals surface area contributed by atoms with Crippen LogP contribution in [0.15, 0.2) is 158 Å². The summed E-state index contributed by atoms with van der Waals surface area (Å²) in [7, 11) is 0. The molecule has 3 aromatic heterocycles. The lowest BCUT2D eigenvalue weighted by atomic mass is 9.95. The van der Waals surface area contributed by atoms with Crippen LogP contribution >= 0.6 is 11.3 Å². The molecule has 0 N–H and O–H groups in total. The van der Waals surface area contributed by atoms with Crippen molar-refractivity contribution in [3.05, 3.63) is 158 Å². The second-order valence-corrected chi connectivity index (χ2v) is 13.2. The molecule has 0 saturated carbocycles. The third kappa shape index (κ3) is 4.10. The lowest BCUT2D eigenvalue weighted by molar-refractivity contribution is 1.37. The minimum Gasteiger partial charge on any atom is -0.245 e. The Morgan fingerprint density at radius 1 is 0.340 bits per heavy atom. The van der Waals surface area contributed by atoms with Crippen LogP contribution in [-0.2, 0) is 0 Å². The lowest BCUT2D eigenvalue weighted by Gasteiger charge is -2.13. The molecule has 0 unspecified atom stereocenters. The van der Waals surface area contributed by atoms with Gasteiger partial charge in [-0.2, -0.15) is 0 Å². The van der Waals surface area contributed by atoms with Gasteiger partial charge in [-0.15, -0.1) is 11.3 Å². The van der Waals surface area contributed by atoms with Gasteiger partial charge < -0.3 is 0 Å². The van der Waals surface area contributed by atoms with Gasteiger partial charge in [0.25, 0.3) is 0 Å². The third-order valence-electron chi connectivity index (χ3n) is 9.46. The Hall–Kier alpha value is -5.90. The smallest absolute Gasteiger partial charge is 0.0972 e. The highest BCUT2D eigenvalue weighted by Crippen LogP contribution is 2.43. The summed E-state index contributed by atoms with van der Waals surface area (Å²) < 4.78 is 2.62. The van der Waals surface area contributed by atoms with Crippen molar-refractivity contribution in [3.8, 4) is 33.6 Å². The summed E-state index contributed by atoms with van der Waals surface area (Å²) in [6.45, 7) is 0. The molecule has 0 atom stereocenters. The Labute approximate surface area is 275 Å². The van der Waals surface area contributed by atoms with E-state index in [-0.39, 0.29) is 0 Å². The van der Waals surface area contributed by atoms with Crippen LogP contribution in [0.25, 0.3) is 97.2 Å². The number of hydrogen-bond donors (Lipinski definition) is 0.